The van der Waals surface area contributed by atoms with Crippen molar-refractivity contribution in [3.05, 3.63) is 40.8 Å². The number of primary amides is 1. The first-order valence-electron chi connectivity index (χ1n) is 5.54. The number of benzene rings is 1. The minimum atomic E-state index is -3.14. The van der Waals surface area contributed by atoms with Crippen molar-refractivity contribution in [2.24, 2.45) is 12.8 Å². The van der Waals surface area contributed by atoms with Gasteiger partial charge in [0.25, 0.3) is 12.3 Å². The average Bonchev–Trinajstić information content (AvgIpc) is 2.74. The van der Waals surface area contributed by atoms with E-state index in [1.54, 1.807) is 0 Å². The summed E-state index contributed by atoms with van der Waals surface area (Å²) in [6, 6.07) is 1.42. The standard InChI is InChI=1S/C12H8F5N3O/c1-20-10(4-2-3-5(13)8(15)7(4)14)6(12(18)21)9(19-20)11(16)17/h2-3,11H,1H3,(H2,18,21). The van der Waals surface area contributed by atoms with Crippen molar-refractivity contribution in [2.45, 2.75) is 6.43 Å². The van der Waals surface area contributed by atoms with Gasteiger partial charge in [-0.2, -0.15) is 5.10 Å². The van der Waals surface area contributed by atoms with Crippen LogP contribution < -0.4 is 5.73 Å². The molecule has 0 aliphatic rings. The van der Waals surface area contributed by atoms with Crippen LogP contribution in [0.25, 0.3) is 11.3 Å². The number of hydrogen-bond donors (Lipinski definition) is 1. The molecule has 0 bridgehead atoms. The highest BCUT2D eigenvalue weighted by molar-refractivity contribution is 6.00. The molecule has 0 fully saturated rings. The smallest absolute Gasteiger partial charge is 0.282 e. The lowest BCUT2D eigenvalue weighted by molar-refractivity contribution is 0.0985. The summed E-state index contributed by atoms with van der Waals surface area (Å²) in [5.74, 6) is -6.14. The molecule has 0 radical (unpaired) electrons. The molecule has 0 spiro atoms. The van der Waals surface area contributed by atoms with Gasteiger partial charge in [-0.25, -0.2) is 22.0 Å². The van der Waals surface area contributed by atoms with Crippen molar-refractivity contribution in [1.82, 2.24) is 9.78 Å². The van der Waals surface area contributed by atoms with Gasteiger partial charge >= 0.3 is 0 Å². The Hall–Kier alpha value is -2.45. The zero-order valence-corrected chi connectivity index (χ0v) is 10.5. The maximum Gasteiger partial charge on any atom is 0.282 e. The second-order valence-electron chi connectivity index (χ2n) is 4.12. The molecule has 21 heavy (non-hydrogen) atoms. The van der Waals surface area contributed by atoms with E-state index in [-0.39, 0.29) is 0 Å². The first-order chi connectivity index (χ1) is 9.75. The van der Waals surface area contributed by atoms with E-state index >= 15 is 0 Å². The molecular weight excluding hydrogens is 297 g/mol. The molecule has 2 aromatic rings. The number of alkyl halides is 2. The molecule has 2 N–H and O–H groups in total. The minimum Gasteiger partial charge on any atom is -0.365 e. The maximum absolute atomic E-state index is 13.8. The predicted molar refractivity (Wildman–Crippen MR) is 62.0 cm³/mol. The lowest BCUT2D eigenvalue weighted by atomic mass is 10.0. The number of nitrogens with two attached hydrogens (primary N) is 1. The van der Waals surface area contributed by atoms with Crippen molar-refractivity contribution < 1.29 is 26.7 Å². The molecule has 0 unspecified atom stereocenters. The Morgan fingerprint density at radius 3 is 2.38 bits per heavy atom. The van der Waals surface area contributed by atoms with Crippen LogP contribution in [0.2, 0.25) is 0 Å². The SMILES string of the molecule is Cn1nc(C(F)F)c(C(N)=O)c1-c1ccc(F)c(F)c1F. The molecule has 9 heteroatoms. The molecule has 4 nitrogen and oxygen atoms in total. The van der Waals surface area contributed by atoms with E-state index in [1.165, 1.54) is 0 Å². The molecule has 0 aliphatic carbocycles. The molecular formula is C12H8F5N3O. The fourth-order valence-corrected chi connectivity index (χ4v) is 1.96. The molecule has 1 aromatic heterocycles. The van der Waals surface area contributed by atoms with Gasteiger partial charge in [-0.1, -0.05) is 0 Å². The summed E-state index contributed by atoms with van der Waals surface area (Å²) >= 11 is 0. The van der Waals surface area contributed by atoms with Gasteiger partial charge in [0.15, 0.2) is 17.5 Å². The summed E-state index contributed by atoms with van der Waals surface area (Å²) in [5, 5.41) is 3.38. The number of carbonyl (C=O) groups is 1. The van der Waals surface area contributed by atoms with Gasteiger partial charge in [-0.05, 0) is 12.1 Å². The number of nitrogens with zero attached hydrogens (tertiary/aromatic N) is 2. The summed E-state index contributed by atoms with van der Waals surface area (Å²) < 4.78 is 66.4. The number of aryl methyl sites for hydroxylation is 1. The van der Waals surface area contributed by atoms with Gasteiger partial charge in [0.05, 0.1) is 11.3 Å². The number of amides is 1. The molecule has 2 rings (SSSR count). The second kappa shape index (κ2) is 5.15. The zero-order valence-electron chi connectivity index (χ0n) is 10.5. The molecule has 112 valence electrons. The maximum atomic E-state index is 13.8. The molecule has 0 aliphatic heterocycles. The predicted octanol–water partition coefficient (Wildman–Crippen LogP) is 2.54. The Bertz CT molecular complexity index is 726. The van der Waals surface area contributed by atoms with Crippen molar-refractivity contribution in [1.29, 1.82) is 0 Å². The van der Waals surface area contributed by atoms with Gasteiger partial charge in [0.1, 0.15) is 5.69 Å². The van der Waals surface area contributed by atoms with Gasteiger partial charge < -0.3 is 5.73 Å². The first-order valence-corrected chi connectivity index (χ1v) is 5.54. The summed E-state index contributed by atoms with van der Waals surface area (Å²) in [6.45, 7) is 0. The first kappa shape index (κ1) is 14.9. The summed E-state index contributed by atoms with van der Waals surface area (Å²) in [7, 11) is 1.15. The van der Waals surface area contributed by atoms with Gasteiger partial charge in [-0.15, -0.1) is 0 Å². The van der Waals surface area contributed by atoms with Crippen molar-refractivity contribution in [3.8, 4) is 11.3 Å². The molecule has 1 aromatic carbocycles. The number of hydrogen-bond acceptors (Lipinski definition) is 2. The molecule has 0 saturated carbocycles. The lowest BCUT2D eigenvalue weighted by Crippen LogP contribution is -2.14. The van der Waals surface area contributed by atoms with Crippen LogP contribution in [0.3, 0.4) is 0 Å². The zero-order chi connectivity index (χ0) is 15.9. The van der Waals surface area contributed by atoms with E-state index in [1.807, 2.05) is 0 Å². The van der Waals surface area contributed by atoms with Crippen LogP contribution in [0.5, 0.6) is 0 Å². The van der Waals surface area contributed by atoms with E-state index in [4.69, 9.17) is 5.73 Å². The third-order valence-electron chi connectivity index (χ3n) is 2.82. The summed E-state index contributed by atoms with van der Waals surface area (Å²) in [4.78, 5) is 11.3. The van der Waals surface area contributed by atoms with Crippen LogP contribution in [0.1, 0.15) is 22.5 Å². The second-order valence-corrected chi connectivity index (χ2v) is 4.12. The highest BCUT2D eigenvalue weighted by Crippen LogP contribution is 2.33. The van der Waals surface area contributed by atoms with Crippen LogP contribution >= 0.6 is 0 Å². The Kier molecular flexibility index (Phi) is 3.67. The van der Waals surface area contributed by atoms with Crippen molar-refractivity contribution in [2.75, 3.05) is 0 Å². The Morgan fingerprint density at radius 1 is 1.24 bits per heavy atom. The quantitative estimate of drug-likeness (QED) is 0.700. The number of halogens is 5. The van der Waals surface area contributed by atoms with E-state index in [0.717, 1.165) is 17.8 Å². The number of rotatable bonds is 3. The number of aromatic nitrogens is 2. The molecule has 1 amide bonds. The van der Waals surface area contributed by atoms with E-state index in [0.29, 0.717) is 6.07 Å². The molecule has 1 heterocycles. The minimum absolute atomic E-state index is 0.450. The molecule has 0 atom stereocenters. The van der Waals surface area contributed by atoms with E-state index in [2.05, 4.69) is 5.10 Å². The van der Waals surface area contributed by atoms with Crippen molar-refractivity contribution in [3.63, 3.8) is 0 Å². The fourth-order valence-electron chi connectivity index (χ4n) is 1.96. The Morgan fingerprint density at radius 2 is 1.86 bits per heavy atom. The fraction of sp³-hybridized carbons (Fsp3) is 0.167. The number of carbonyl (C=O) groups excluding carboxylic acids is 1. The van der Waals surface area contributed by atoms with Crippen LogP contribution in [0, 0.1) is 17.5 Å². The monoisotopic (exact) mass is 305 g/mol. The van der Waals surface area contributed by atoms with Crippen LogP contribution in [0.15, 0.2) is 12.1 Å². The van der Waals surface area contributed by atoms with Gasteiger partial charge in [0.2, 0.25) is 0 Å². The third-order valence-corrected chi connectivity index (χ3v) is 2.82. The van der Waals surface area contributed by atoms with Crippen LogP contribution in [-0.2, 0) is 7.05 Å². The summed E-state index contributed by atoms with van der Waals surface area (Å²) in [5.41, 5.74) is 2.27. The average molecular weight is 305 g/mol. The normalized spacial score (nSPS) is 11.2. The summed E-state index contributed by atoms with van der Waals surface area (Å²) in [6.07, 6.45) is -3.14. The van der Waals surface area contributed by atoms with Crippen LogP contribution in [0.4, 0.5) is 22.0 Å². The van der Waals surface area contributed by atoms with Gasteiger partial charge in [0, 0.05) is 12.6 Å². The highest BCUT2D eigenvalue weighted by Gasteiger charge is 2.29. The topological polar surface area (TPSA) is 60.9 Å². The lowest BCUT2D eigenvalue weighted by Gasteiger charge is -2.07. The van der Waals surface area contributed by atoms with E-state index < -0.39 is 52.3 Å². The Labute approximate surface area is 115 Å². The largest absolute Gasteiger partial charge is 0.365 e. The van der Waals surface area contributed by atoms with Gasteiger partial charge in [-0.3, -0.25) is 9.48 Å². The Balaban J connectivity index is 2.81. The highest BCUT2D eigenvalue weighted by atomic mass is 19.3. The van der Waals surface area contributed by atoms with E-state index in [9.17, 15) is 26.7 Å². The molecule has 0 saturated heterocycles. The third kappa shape index (κ3) is 2.34. The van der Waals surface area contributed by atoms with Crippen molar-refractivity contribution >= 4 is 5.91 Å². The van der Waals surface area contributed by atoms with Crippen LogP contribution in [-0.4, -0.2) is 15.7 Å².